The van der Waals surface area contributed by atoms with Crippen LogP contribution in [0.4, 0.5) is 0 Å². The molecular weight excluding hydrogens is 203 g/mol. The van der Waals surface area contributed by atoms with Crippen LogP contribution >= 0.6 is 8.19 Å². The lowest BCUT2D eigenvalue weighted by atomic mass is 10.1. The van der Waals surface area contributed by atoms with Crippen LogP contribution in [0.5, 0.6) is 0 Å². The summed E-state index contributed by atoms with van der Waals surface area (Å²) >= 11 is 0. The van der Waals surface area contributed by atoms with Crippen LogP contribution in [0.2, 0.25) is 0 Å². The fourth-order valence-electron chi connectivity index (χ4n) is 1.93. The maximum Gasteiger partial charge on any atom is 0.201 e. The lowest BCUT2D eigenvalue weighted by Crippen LogP contribution is -1.93. The van der Waals surface area contributed by atoms with Gasteiger partial charge in [0.05, 0.1) is 0 Å². The van der Waals surface area contributed by atoms with Gasteiger partial charge in [0.2, 0.25) is 5.16 Å². The summed E-state index contributed by atoms with van der Waals surface area (Å²) in [5.41, 5.74) is 0. The van der Waals surface area contributed by atoms with Crippen molar-refractivity contribution in [2.24, 2.45) is 0 Å². The SMILES string of the molecule is O=c1[pH]c2ccccc2c2ccccc12. The average molecular weight is 212 g/mol. The highest BCUT2D eigenvalue weighted by Crippen LogP contribution is 2.27. The van der Waals surface area contributed by atoms with Gasteiger partial charge in [0.15, 0.2) is 0 Å². The van der Waals surface area contributed by atoms with Gasteiger partial charge in [-0.1, -0.05) is 56.7 Å². The van der Waals surface area contributed by atoms with E-state index in [-0.39, 0.29) is 13.4 Å². The van der Waals surface area contributed by atoms with Gasteiger partial charge >= 0.3 is 0 Å². The molecule has 0 aliphatic heterocycles. The standard InChI is InChI=1S/C13H9OP/c14-13-11-7-2-1-5-9(11)10-6-3-4-8-12(10)15-13/h1-8,15H. The molecule has 0 aliphatic rings. The van der Waals surface area contributed by atoms with Gasteiger partial charge < -0.3 is 0 Å². The van der Waals surface area contributed by atoms with Crippen LogP contribution in [0.3, 0.4) is 0 Å². The highest BCUT2D eigenvalue weighted by molar-refractivity contribution is 7.36. The highest BCUT2D eigenvalue weighted by atomic mass is 31.0. The quantitative estimate of drug-likeness (QED) is 0.522. The van der Waals surface area contributed by atoms with Crippen molar-refractivity contribution in [3.8, 4) is 0 Å². The van der Waals surface area contributed by atoms with Crippen LogP contribution in [0.15, 0.2) is 53.3 Å². The fraction of sp³-hybridized carbons (Fsp3) is 0. The van der Waals surface area contributed by atoms with Crippen LogP contribution in [0.25, 0.3) is 21.3 Å². The summed E-state index contributed by atoms with van der Waals surface area (Å²) in [4.78, 5) is 11.9. The van der Waals surface area contributed by atoms with Gasteiger partial charge in [-0.15, -0.1) is 0 Å². The summed E-state index contributed by atoms with van der Waals surface area (Å²) in [6.45, 7) is 0. The summed E-state index contributed by atoms with van der Waals surface area (Å²) in [7, 11) is 0.275. The molecule has 72 valence electrons. The van der Waals surface area contributed by atoms with Crippen molar-refractivity contribution in [1.82, 2.24) is 0 Å². The molecular formula is C13H9OP. The molecule has 1 heterocycles. The van der Waals surface area contributed by atoms with Crippen molar-refractivity contribution in [3.63, 3.8) is 0 Å². The molecule has 0 aliphatic carbocycles. The van der Waals surface area contributed by atoms with Gasteiger partial charge in [0.1, 0.15) is 0 Å². The third-order valence-corrected chi connectivity index (χ3v) is 3.84. The average Bonchev–Trinajstić information content (AvgIpc) is 2.30. The van der Waals surface area contributed by atoms with Crippen LogP contribution in [-0.2, 0) is 0 Å². The number of benzene rings is 2. The Morgan fingerprint density at radius 3 is 2.13 bits per heavy atom. The van der Waals surface area contributed by atoms with E-state index >= 15 is 0 Å². The van der Waals surface area contributed by atoms with E-state index in [0.29, 0.717) is 0 Å². The van der Waals surface area contributed by atoms with Crippen LogP contribution in [0, 0.1) is 0 Å². The van der Waals surface area contributed by atoms with Crippen molar-refractivity contribution in [1.29, 1.82) is 0 Å². The molecule has 15 heavy (non-hydrogen) atoms. The zero-order chi connectivity index (χ0) is 10.3. The van der Waals surface area contributed by atoms with E-state index in [1.165, 1.54) is 10.5 Å². The van der Waals surface area contributed by atoms with Crippen molar-refractivity contribution >= 4 is 29.5 Å². The Bertz CT molecular complexity index is 697. The Hall–Kier alpha value is -1.59. The second-order valence-corrected chi connectivity index (χ2v) is 4.79. The molecule has 0 saturated carbocycles. The topological polar surface area (TPSA) is 17.1 Å². The lowest BCUT2D eigenvalue weighted by molar-refractivity contribution is 1.79. The van der Waals surface area contributed by atoms with E-state index in [0.717, 1.165) is 10.8 Å². The minimum Gasteiger partial charge on any atom is -0.285 e. The van der Waals surface area contributed by atoms with Gasteiger partial charge in [-0.05, 0) is 10.8 Å². The first kappa shape index (κ1) is 8.70. The molecule has 1 atom stereocenters. The second-order valence-electron chi connectivity index (χ2n) is 3.55. The molecule has 2 aromatic carbocycles. The summed E-state index contributed by atoms with van der Waals surface area (Å²) in [6.07, 6.45) is 0. The van der Waals surface area contributed by atoms with E-state index in [9.17, 15) is 4.79 Å². The maximum absolute atomic E-state index is 11.9. The van der Waals surface area contributed by atoms with Crippen LogP contribution in [-0.4, -0.2) is 0 Å². The Morgan fingerprint density at radius 1 is 0.733 bits per heavy atom. The first-order valence-corrected chi connectivity index (χ1v) is 5.86. The van der Waals surface area contributed by atoms with Gasteiger partial charge in [-0.3, -0.25) is 4.79 Å². The van der Waals surface area contributed by atoms with E-state index in [1.54, 1.807) is 0 Å². The lowest BCUT2D eigenvalue weighted by Gasteiger charge is -2.01. The second kappa shape index (κ2) is 3.22. The maximum atomic E-state index is 11.9. The zero-order valence-electron chi connectivity index (χ0n) is 8.03. The van der Waals surface area contributed by atoms with E-state index in [2.05, 4.69) is 6.07 Å². The summed E-state index contributed by atoms with van der Waals surface area (Å²) in [5.74, 6) is 0. The molecule has 2 heteroatoms. The Balaban J connectivity index is 2.70. The third kappa shape index (κ3) is 1.28. The number of hydrogen-bond donors (Lipinski definition) is 0. The van der Waals surface area contributed by atoms with E-state index in [1.807, 2.05) is 42.5 Å². The smallest absolute Gasteiger partial charge is 0.201 e. The molecule has 0 radical (unpaired) electrons. The van der Waals surface area contributed by atoms with Gasteiger partial charge in [-0.25, -0.2) is 0 Å². The summed E-state index contributed by atoms with van der Waals surface area (Å²) in [6, 6.07) is 16.0. The molecule has 0 amide bonds. The highest BCUT2D eigenvalue weighted by Gasteiger charge is 2.02. The van der Waals surface area contributed by atoms with Gasteiger partial charge in [0.25, 0.3) is 0 Å². The van der Waals surface area contributed by atoms with E-state index in [4.69, 9.17) is 0 Å². The van der Waals surface area contributed by atoms with Crippen molar-refractivity contribution in [3.05, 3.63) is 58.5 Å². The normalized spacial score (nSPS) is 11.5. The summed E-state index contributed by atoms with van der Waals surface area (Å²) in [5, 5.41) is 4.59. The van der Waals surface area contributed by atoms with Crippen molar-refractivity contribution in [2.45, 2.75) is 0 Å². The number of rotatable bonds is 0. The molecule has 0 N–H and O–H groups in total. The molecule has 0 bridgehead atoms. The van der Waals surface area contributed by atoms with Crippen molar-refractivity contribution in [2.75, 3.05) is 0 Å². The number of hydrogen-bond acceptors (Lipinski definition) is 1. The molecule has 1 unspecified atom stereocenters. The monoisotopic (exact) mass is 212 g/mol. The van der Waals surface area contributed by atoms with Crippen LogP contribution < -0.4 is 5.16 Å². The molecule has 3 aromatic rings. The molecule has 0 saturated heterocycles. The molecule has 1 aromatic heterocycles. The third-order valence-electron chi connectivity index (χ3n) is 2.64. The minimum absolute atomic E-state index is 0.254. The van der Waals surface area contributed by atoms with Crippen LogP contribution in [0.1, 0.15) is 0 Å². The fourth-order valence-corrected chi connectivity index (χ4v) is 3.06. The molecule has 0 spiro atoms. The number of fused-ring (bicyclic) bond motifs is 3. The minimum atomic E-state index is 0.254. The predicted octanol–water partition coefficient (Wildman–Crippen LogP) is 3.38. The molecule has 1 nitrogen and oxygen atoms in total. The van der Waals surface area contributed by atoms with Gasteiger partial charge in [0, 0.05) is 10.5 Å². The van der Waals surface area contributed by atoms with Crippen molar-refractivity contribution < 1.29 is 0 Å². The zero-order valence-corrected chi connectivity index (χ0v) is 9.03. The molecule has 3 rings (SSSR count). The predicted molar refractivity (Wildman–Crippen MR) is 67.2 cm³/mol. The Kier molecular flexibility index (Phi) is 1.87. The van der Waals surface area contributed by atoms with E-state index < -0.39 is 0 Å². The first-order chi connectivity index (χ1) is 7.36. The largest absolute Gasteiger partial charge is 0.285 e. The molecule has 0 fully saturated rings. The summed E-state index contributed by atoms with van der Waals surface area (Å²) < 4.78 is 0. The Labute approximate surface area is 88.5 Å². The van der Waals surface area contributed by atoms with Gasteiger partial charge in [-0.2, -0.15) is 0 Å². The first-order valence-electron chi connectivity index (χ1n) is 4.86. The Morgan fingerprint density at radius 2 is 1.33 bits per heavy atom.